The Morgan fingerprint density at radius 1 is 0.917 bits per heavy atom. The normalized spacial score (nSPS) is 16.9. The van der Waals surface area contributed by atoms with Gasteiger partial charge in [-0.15, -0.1) is 0 Å². The summed E-state index contributed by atoms with van der Waals surface area (Å²) in [6.07, 6.45) is 4.97. The lowest BCUT2D eigenvalue weighted by molar-refractivity contribution is 0.0926. The standard InChI is InChI=1S/C20H20FNO2/c21-16-7-11-18(12-8-16)24-17-9-5-15(6-10-17)20(23)22-19(13-1-2-13)14-3-4-14/h5-14,19H,1-4H2,(H,22,23). The smallest absolute Gasteiger partial charge is 0.251 e. The van der Waals surface area contributed by atoms with Crippen LogP contribution in [0.3, 0.4) is 0 Å². The highest BCUT2D eigenvalue weighted by molar-refractivity contribution is 5.94. The van der Waals surface area contributed by atoms with Crippen LogP contribution in [0, 0.1) is 17.7 Å². The number of halogens is 1. The maximum absolute atomic E-state index is 12.9. The quantitative estimate of drug-likeness (QED) is 0.847. The van der Waals surface area contributed by atoms with Crippen molar-refractivity contribution >= 4 is 5.91 Å². The highest BCUT2D eigenvalue weighted by Crippen LogP contribution is 2.44. The number of ether oxygens (including phenoxy) is 1. The first kappa shape index (κ1) is 15.2. The highest BCUT2D eigenvalue weighted by atomic mass is 19.1. The second-order valence-corrected chi connectivity index (χ2v) is 6.75. The van der Waals surface area contributed by atoms with Crippen molar-refractivity contribution in [3.05, 3.63) is 59.9 Å². The van der Waals surface area contributed by atoms with Gasteiger partial charge in [-0.2, -0.15) is 0 Å². The van der Waals surface area contributed by atoms with E-state index in [0.29, 0.717) is 34.9 Å². The molecule has 0 spiro atoms. The molecule has 4 heteroatoms. The number of carbonyl (C=O) groups is 1. The summed E-state index contributed by atoms with van der Waals surface area (Å²) < 4.78 is 18.5. The lowest BCUT2D eigenvalue weighted by atomic mass is 10.1. The Labute approximate surface area is 140 Å². The van der Waals surface area contributed by atoms with Crippen LogP contribution in [-0.4, -0.2) is 11.9 Å². The Bertz CT molecular complexity index is 706. The number of amides is 1. The van der Waals surface area contributed by atoms with Crippen molar-refractivity contribution in [2.45, 2.75) is 31.7 Å². The minimum absolute atomic E-state index is 0.00729. The minimum atomic E-state index is -0.296. The minimum Gasteiger partial charge on any atom is -0.457 e. The molecule has 2 aromatic carbocycles. The van der Waals surface area contributed by atoms with E-state index in [9.17, 15) is 9.18 Å². The van der Waals surface area contributed by atoms with Crippen molar-refractivity contribution in [2.75, 3.05) is 0 Å². The fourth-order valence-electron chi connectivity index (χ4n) is 3.08. The van der Waals surface area contributed by atoms with Crippen molar-refractivity contribution in [2.24, 2.45) is 11.8 Å². The van der Waals surface area contributed by atoms with Gasteiger partial charge in [-0.05, 0) is 86.1 Å². The van der Waals surface area contributed by atoms with E-state index < -0.39 is 0 Å². The Balaban J connectivity index is 1.39. The van der Waals surface area contributed by atoms with Gasteiger partial charge in [-0.25, -0.2) is 4.39 Å². The zero-order chi connectivity index (χ0) is 16.5. The molecule has 0 aromatic heterocycles. The molecule has 0 atom stereocenters. The van der Waals surface area contributed by atoms with Crippen molar-refractivity contribution < 1.29 is 13.9 Å². The average Bonchev–Trinajstić information content (AvgIpc) is 3.48. The lowest BCUT2D eigenvalue weighted by Crippen LogP contribution is -2.38. The van der Waals surface area contributed by atoms with Crippen LogP contribution in [0.1, 0.15) is 36.0 Å². The molecule has 24 heavy (non-hydrogen) atoms. The Morgan fingerprint density at radius 2 is 1.42 bits per heavy atom. The van der Waals surface area contributed by atoms with E-state index in [1.165, 1.54) is 37.8 Å². The molecule has 1 amide bonds. The van der Waals surface area contributed by atoms with Crippen molar-refractivity contribution in [3.63, 3.8) is 0 Å². The van der Waals surface area contributed by atoms with Crippen molar-refractivity contribution in [1.29, 1.82) is 0 Å². The lowest BCUT2D eigenvalue weighted by Gasteiger charge is -2.17. The molecule has 0 radical (unpaired) electrons. The second kappa shape index (κ2) is 6.27. The zero-order valence-corrected chi connectivity index (χ0v) is 13.4. The first-order chi connectivity index (χ1) is 11.7. The monoisotopic (exact) mass is 325 g/mol. The molecular formula is C20H20FNO2. The summed E-state index contributed by atoms with van der Waals surface area (Å²) in [5.74, 6) is 2.25. The second-order valence-electron chi connectivity index (χ2n) is 6.75. The van der Waals surface area contributed by atoms with E-state index in [1.807, 2.05) is 0 Å². The summed E-state index contributed by atoms with van der Waals surface area (Å²) in [5, 5.41) is 3.21. The van der Waals surface area contributed by atoms with Gasteiger partial charge in [0, 0.05) is 11.6 Å². The average molecular weight is 325 g/mol. The molecule has 4 rings (SSSR count). The van der Waals surface area contributed by atoms with Gasteiger partial charge < -0.3 is 10.1 Å². The van der Waals surface area contributed by atoms with Crippen molar-refractivity contribution in [3.8, 4) is 11.5 Å². The Hall–Kier alpha value is -2.36. The van der Waals surface area contributed by atoms with Crippen LogP contribution in [-0.2, 0) is 0 Å². The molecule has 2 aliphatic carbocycles. The highest BCUT2D eigenvalue weighted by Gasteiger charge is 2.42. The van der Waals surface area contributed by atoms with Gasteiger partial charge >= 0.3 is 0 Å². The number of carbonyl (C=O) groups excluding carboxylic acids is 1. The van der Waals surface area contributed by atoms with Gasteiger partial charge in [-0.1, -0.05) is 0 Å². The van der Waals surface area contributed by atoms with E-state index in [0.717, 1.165) is 0 Å². The third-order valence-electron chi connectivity index (χ3n) is 4.72. The van der Waals surface area contributed by atoms with E-state index in [2.05, 4.69) is 5.32 Å². The number of hydrogen-bond acceptors (Lipinski definition) is 2. The molecule has 0 unspecified atom stereocenters. The van der Waals surface area contributed by atoms with Crippen LogP contribution in [0.4, 0.5) is 4.39 Å². The molecule has 3 nitrogen and oxygen atoms in total. The predicted octanol–water partition coefficient (Wildman–Crippen LogP) is 4.54. The molecule has 0 heterocycles. The summed E-state index contributed by atoms with van der Waals surface area (Å²) in [4.78, 5) is 12.4. The fourth-order valence-corrected chi connectivity index (χ4v) is 3.08. The summed E-state index contributed by atoms with van der Waals surface area (Å²) in [6.45, 7) is 0. The molecule has 1 N–H and O–H groups in total. The third kappa shape index (κ3) is 3.58. The van der Waals surface area contributed by atoms with Crippen LogP contribution in [0.5, 0.6) is 11.5 Å². The number of benzene rings is 2. The van der Waals surface area contributed by atoms with Crippen LogP contribution >= 0.6 is 0 Å². The van der Waals surface area contributed by atoms with Gasteiger partial charge in [0.25, 0.3) is 5.91 Å². The maximum Gasteiger partial charge on any atom is 0.251 e. The summed E-state index contributed by atoms with van der Waals surface area (Å²) in [6, 6.07) is 13.3. The van der Waals surface area contributed by atoms with Gasteiger partial charge in [-0.3, -0.25) is 4.79 Å². The van der Waals surface area contributed by atoms with Gasteiger partial charge in [0.1, 0.15) is 17.3 Å². The third-order valence-corrected chi connectivity index (χ3v) is 4.72. The molecule has 2 aromatic rings. The summed E-state index contributed by atoms with van der Waals surface area (Å²) in [7, 11) is 0. The van der Waals surface area contributed by atoms with Crippen molar-refractivity contribution in [1.82, 2.24) is 5.32 Å². The van der Waals surface area contributed by atoms with Gasteiger partial charge in [0.05, 0.1) is 0 Å². The Morgan fingerprint density at radius 3 is 1.92 bits per heavy atom. The number of rotatable bonds is 6. The van der Waals surface area contributed by atoms with Crippen LogP contribution in [0.25, 0.3) is 0 Å². The SMILES string of the molecule is O=C(NC(C1CC1)C1CC1)c1ccc(Oc2ccc(F)cc2)cc1. The fraction of sp³-hybridized carbons (Fsp3) is 0.350. The molecule has 2 aliphatic rings. The zero-order valence-electron chi connectivity index (χ0n) is 13.4. The first-order valence-corrected chi connectivity index (χ1v) is 8.53. The first-order valence-electron chi connectivity index (χ1n) is 8.53. The van der Waals surface area contributed by atoms with E-state index in [1.54, 1.807) is 36.4 Å². The number of hydrogen-bond donors (Lipinski definition) is 1. The van der Waals surface area contributed by atoms with Crippen LogP contribution in [0.15, 0.2) is 48.5 Å². The van der Waals surface area contributed by atoms with Gasteiger partial charge in [0.2, 0.25) is 0 Å². The van der Waals surface area contributed by atoms with Gasteiger partial charge in [0.15, 0.2) is 0 Å². The maximum atomic E-state index is 12.9. The van der Waals surface area contributed by atoms with E-state index in [-0.39, 0.29) is 11.7 Å². The van der Waals surface area contributed by atoms with E-state index in [4.69, 9.17) is 4.74 Å². The molecular weight excluding hydrogens is 305 g/mol. The summed E-state index contributed by atoms with van der Waals surface area (Å²) >= 11 is 0. The summed E-state index contributed by atoms with van der Waals surface area (Å²) in [5.41, 5.74) is 0.646. The van der Waals surface area contributed by atoms with E-state index >= 15 is 0 Å². The van der Waals surface area contributed by atoms with Crippen LogP contribution in [0.2, 0.25) is 0 Å². The molecule has 2 saturated carbocycles. The largest absolute Gasteiger partial charge is 0.457 e. The topological polar surface area (TPSA) is 38.3 Å². The molecule has 124 valence electrons. The molecule has 0 saturated heterocycles. The number of nitrogens with one attached hydrogen (secondary N) is 1. The van der Waals surface area contributed by atoms with Crippen LogP contribution < -0.4 is 10.1 Å². The Kier molecular flexibility index (Phi) is 3.97. The predicted molar refractivity (Wildman–Crippen MR) is 89.6 cm³/mol. The molecule has 0 bridgehead atoms. The molecule has 0 aliphatic heterocycles. The molecule has 2 fully saturated rings.